The van der Waals surface area contributed by atoms with E-state index in [4.69, 9.17) is 21.1 Å². The molecule has 1 aliphatic heterocycles. The van der Waals surface area contributed by atoms with Crippen LogP contribution in [0.1, 0.15) is 22.7 Å². The lowest BCUT2D eigenvalue weighted by Crippen LogP contribution is -2.29. The minimum absolute atomic E-state index is 0.251. The third-order valence-electron chi connectivity index (χ3n) is 5.40. The number of aliphatic hydroxyl groups excluding tert-OH is 1. The van der Waals surface area contributed by atoms with Gasteiger partial charge in [0.1, 0.15) is 11.5 Å². The lowest BCUT2D eigenvalue weighted by Gasteiger charge is -2.27. The fourth-order valence-corrected chi connectivity index (χ4v) is 3.93. The Kier molecular flexibility index (Phi) is 5.87. The summed E-state index contributed by atoms with van der Waals surface area (Å²) in [6.07, 6.45) is 0. The van der Waals surface area contributed by atoms with Crippen molar-refractivity contribution in [3.63, 3.8) is 0 Å². The van der Waals surface area contributed by atoms with Crippen LogP contribution in [0.3, 0.4) is 0 Å². The summed E-state index contributed by atoms with van der Waals surface area (Å²) in [6, 6.07) is 21.7. The summed E-state index contributed by atoms with van der Waals surface area (Å²) in [4.78, 5) is 14.8. The second-order valence-corrected chi connectivity index (χ2v) is 7.66. The Morgan fingerprint density at radius 3 is 1.97 bits per heavy atom. The Balaban J connectivity index is 1.76. The number of hydrogen-bond donors (Lipinski definition) is 1. The predicted octanol–water partition coefficient (Wildman–Crippen LogP) is 5.41. The summed E-state index contributed by atoms with van der Waals surface area (Å²) in [6.45, 7) is 0.333. The molecule has 1 amide bonds. The summed E-state index contributed by atoms with van der Waals surface area (Å²) in [5.41, 5.74) is 3.10. The van der Waals surface area contributed by atoms with Gasteiger partial charge in [-0.1, -0.05) is 48.0 Å². The van der Waals surface area contributed by atoms with Crippen molar-refractivity contribution in [2.45, 2.75) is 12.6 Å². The Morgan fingerprint density at radius 2 is 1.42 bits per heavy atom. The Morgan fingerprint density at radius 1 is 0.871 bits per heavy atom. The number of hydrogen-bond acceptors (Lipinski definition) is 4. The normalized spacial score (nSPS) is 16.0. The van der Waals surface area contributed by atoms with Crippen molar-refractivity contribution in [3.05, 3.63) is 100 Å². The largest absolute Gasteiger partial charge is 0.503 e. The van der Waals surface area contributed by atoms with Gasteiger partial charge in [0, 0.05) is 17.1 Å². The SMILES string of the molecule is COc1ccc(CN2C(=O)C(O)=C(c3ccc(OC)cc3)[C@@H]2c2ccc(Cl)cc2)cc1. The molecule has 0 saturated carbocycles. The molecule has 31 heavy (non-hydrogen) atoms. The van der Waals surface area contributed by atoms with Crippen LogP contribution in [0.25, 0.3) is 5.57 Å². The van der Waals surface area contributed by atoms with E-state index in [2.05, 4.69) is 0 Å². The first kappa shape index (κ1) is 20.8. The fraction of sp³-hybridized carbons (Fsp3) is 0.160. The Bertz CT molecular complexity index is 1110. The van der Waals surface area contributed by atoms with Crippen LogP contribution >= 0.6 is 11.6 Å². The highest BCUT2D eigenvalue weighted by molar-refractivity contribution is 6.30. The van der Waals surface area contributed by atoms with E-state index in [-0.39, 0.29) is 5.76 Å². The first-order valence-corrected chi connectivity index (χ1v) is 10.2. The minimum Gasteiger partial charge on any atom is -0.503 e. The van der Waals surface area contributed by atoms with Crippen molar-refractivity contribution in [3.8, 4) is 11.5 Å². The van der Waals surface area contributed by atoms with Crippen LogP contribution in [0, 0.1) is 0 Å². The molecule has 0 unspecified atom stereocenters. The van der Waals surface area contributed by atoms with Crippen molar-refractivity contribution in [1.29, 1.82) is 0 Å². The van der Waals surface area contributed by atoms with Gasteiger partial charge in [0.15, 0.2) is 5.76 Å². The lowest BCUT2D eigenvalue weighted by molar-refractivity contribution is -0.130. The van der Waals surface area contributed by atoms with E-state index in [9.17, 15) is 9.90 Å². The quantitative estimate of drug-likeness (QED) is 0.562. The van der Waals surface area contributed by atoms with E-state index < -0.39 is 11.9 Å². The third kappa shape index (κ3) is 4.09. The number of halogens is 1. The molecular formula is C25H22ClNO4. The third-order valence-corrected chi connectivity index (χ3v) is 5.65. The van der Waals surface area contributed by atoms with Gasteiger partial charge in [0.2, 0.25) is 0 Å². The monoisotopic (exact) mass is 435 g/mol. The molecule has 0 radical (unpaired) electrons. The number of amides is 1. The van der Waals surface area contributed by atoms with Crippen LogP contribution in [0.5, 0.6) is 11.5 Å². The number of carbonyl (C=O) groups excluding carboxylic acids is 1. The van der Waals surface area contributed by atoms with Gasteiger partial charge in [0.05, 0.1) is 20.3 Å². The molecule has 6 heteroatoms. The maximum atomic E-state index is 13.1. The molecule has 158 valence electrons. The van der Waals surface area contributed by atoms with Crippen LogP contribution in [-0.4, -0.2) is 30.1 Å². The molecule has 0 saturated heterocycles. The van der Waals surface area contributed by atoms with Crippen molar-refractivity contribution in [2.75, 3.05) is 14.2 Å². The van der Waals surface area contributed by atoms with Crippen LogP contribution < -0.4 is 9.47 Å². The van der Waals surface area contributed by atoms with E-state index in [0.717, 1.165) is 22.4 Å². The van der Waals surface area contributed by atoms with Gasteiger partial charge in [-0.15, -0.1) is 0 Å². The number of aliphatic hydroxyl groups is 1. The molecule has 3 aromatic carbocycles. The van der Waals surface area contributed by atoms with E-state index >= 15 is 0 Å². The van der Waals surface area contributed by atoms with Crippen LogP contribution in [0.2, 0.25) is 5.02 Å². The van der Waals surface area contributed by atoms with Crippen LogP contribution in [0.4, 0.5) is 0 Å². The Hall–Kier alpha value is -3.44. The van der Waals surface area contributed by atoms with Crippen molar-refractivity contribution in [1.82, 2.24) is 4.90 Å². The van der Waals surface area contributed by atoms with Crippen molar-refractivity contribution >= 4 is 23.1 Å². The number of rotatable bonds is 6. The molecule has 1 aliphatic rings. The summed E-state index contributed by atoms with van der Waals surface area (Å²) in [5, 5.41) is 11.5. The van der Waals surface area contributed by atoms with Crippen LogP contribution in [-0.2, 0) is 11.3 Å². The smallest absolute Gasteiger partial charge is 0.290 e. The number of benzene rings is 3. The molecule has 1 heterocycles. The van der Waals surface area contributed by atoms with E-state index in [1.807, 2.05) is 60.7 Å². The molecular weight excluding hydrogens is 414 g/mol. The molecule has 1 N–H and O–H groups in total. The second-order valence-electron chi connectivity index (χ2n) is 7.23. The molecule has 0 aliphatic carbocycles. The lowest BCUT2D eigenvalue weighted by atomic mass is 9.93. The zero-order chi connectivity index (χ0) is 22.0. The van der Waals surface area contributed by atoms with Crippen molar-refractivity contribution < 1.29 is 19.4 Å². The number of ether oxygens (including phenoxy) is 2. The maximum absolute atomic E-state index is 13.1. The van der Waals surface area contributed by atoms with Gasteiger partial charge < -0.3 is 19.5 Å². The molecule has 4 rings (SSSR count). The summed E-state index contributed by atoms with van der Waals surface area (Å²) in [7, 11) is 3.20. The van der Waals surface area contributed by atoms with Gasteiger partial charge >= 0.3 is 0 Å². The summed E-state index contributed by atoms with van der Waals surface area (Å²) >= 11 is 6.09. The topological polar surface area (TPSA) is 59.0 Å². The first-order valence-electron chi connectivity index (χ1n) is 9.78. The fourth-order valence-electron chi connectivity index (χ4n) is 3.80. The number of methoxy groups -OCH3 is 2. The van der Waals surface area contributed by atoms with E-state index in [1.54, 1.807) is 31.3 Å². The predicted molar refractivity (Wildman–Crippen MR) is 120 cm³/mol. The molecule has 0 spiro atoms. The van der Waals surface area contributed by atoms with Gasteiger partial charge in [-0.25, -0.2) is 0 Å². The molecule has 1 atom stereocenters. The number of nitrogens with zero attached hydrogens (tertiary/aromatic N) is 1. The molecule has 5 nitrogen and oxygen atoms in total. The first-order chi connectivity index (χ1) is 15.0. The average Bonchev–Trinajstić information content (AvgIpc) is 3.05. The molecule has 0 aromatic heterocycles. The zero-order valence-corrected chi connectivity index (χ0v) is 18.0. The van der Waals surface area contributed by atoms with Gasteiger partial charge in [0.25, 0.3) is 5.91 Å². The summed E-state index contributed by atoms with van der Waals surface area (Å²) < 4.78 is 10.5. The average molecular weight is 436 g/mol. The van der Waals surface area contributed by atoms with E-state index in [1.165, 1.54) is 0 Å². The Labute approximate surface area is 186 Å². The van der Waals surface area contributed by atoms with E-state index in [0.29, 0.717) is 22.9 Å². The summed E-state index contributed by atoms with van der Waals surface area (Å²) in [5.74, 6) is 0.775. The standard InChI is InChI=1S/C25H22ClNO4/c1-30-20-11-3-16(4-12-20)15-27-23(18-5-9-19(26)10-6-18)22(24(28)25(27)29)17-7-13-21(31-2)14-8-17/h3-14,23,28H,15H2,1-2H3/t23-/m0/s1. The second kappa shape index (κ2) is 8.74. The van der Waals surface area contributed by atoms with Gasteiger partial charge in [-0.2, -0.15) is 0 Å². The maximum Gasteiger partial charge on any atom is 0.290 e. The minimum atomic E-state index is -0.458. The highest BCUT2D eigenvalue weighted by Gasteiger charge is 2.41. The molecule has 0 bridgehead atoms. The van der Waals surface area contributed by atoms with Gasteiger partial charge in [-0.05, 0) is 53.1 Å². The zero-order valence-electron chi connectivity index (χ0n) is 17.2. The van der Waals surface area contributed by atoms with Crippen molar-refractivity contribution in [2.24, 2.45) is 0 Å². The highest BCUT2D eigenvalue weighted by Crippen LogP contribution is 2.44. The number of carbonyl (C=O) groups is 1. The highest BCUT2D eigenvalue weighted by atomic mass is 35.5. The van der Waals surface area contributed by atoms with Crippen LogP contribution in [0.15, 0.2) is 78.6 Å². The molecule has 0 fully saturated rings. The van der Waals surface area contributed by atoms with Gasteiger partial charge in [-0.3, -0.25) is 4.79 Å². The molecule has 3 aromatic rings.